The Bertz CT molecular complexity index is 846. The number of ether oxygens (including phenoxy) is 1. The lowest BCUT2D eigenvalue weighted by atomic mass is 10.2. The number of carbonyl (C=O) groups is 2. The first-order valence-corrected chi connectivity index (χ1v) is 9.42. The smallest absolute Gasteiger partial charge is 0.339 e. The van der Waals surface area contributed by atoms with Crippen LogP contribution in [0.3, 0.4) is 0 Å². The molecule has 7 heteroatoms. The molecule has 0 saturated carbocycles. The molecule has 0 bridgehead atoms. The maximum absolute atomic E-state index is 12.5. The van der Waals surface area contributed by atoms with Crippen LogP contribution in [0.5, 0.6) is 0 Å². The molecule has 0 saturated heterocycles. The van der Waals surface area contributed by atoms with Crippen molar-refractivity contribution in [2.75, 3.05) is 24.3 Å². The van der Waals surface area contributed by atoms with Crippen LogP contribution in [0.4, 0.5) is 5.69 Å². The Morgan fingerprint density at radius 2 is 1.77 bits per heavy atom. The highest BCUT2D eigenvalue weighted by Gasteiger charge is 2.20. The Morgan fingerprint density at radius 1 is 1.12 bits per heavy atom. The predicted molar refractivity (Wildman–Crippen MR) is 98.1 cm³/mol. The standard InChI is InChI=1S/C19H18N2O4S/c1-26(24)17-11-6-5-10-16(17)19(23)25-14-18(22)21(13-7-12-20)15-8-3-2-4-9-15/h2-6,8-11H,7,13-14H2,1H3/t26-/m0/s1. The van der Waals surface area contributed by atoms with Crippen LogP contribution in [0.25, 0.3) is 0 Å². The van der Waals surface area contributed by atoms with E-state index >= 15 is 0 Å². The minimum Gasteiger partial charge on any atom is -0.452 e. The van der Waals surface area contributed by atoms with E-state index in [1.54, 1.807) is 42.5 Å². The van der Waals surface area contributed by atoms with Gasteiger partial charge in [0.1, 0.15) is 0 Å². The van der Waals surface area contributed by atoms with Gasteiger partial charge >= 0.3 is 5.97 Å². The van der Waals surface area contributed by atoms with Gasteiger partial charge in [-0.2, -0.15) is 5.26 Å². The molecule has 0 aromatic heterocycles. The maximum Gasteiger partial charge on any atom is 0.339 e. The number of amides is 1. The highest BCUT2D eigenvalue weighted by molar-refractivity contribution is 7.84. The third-order valence-electron chi connectivity index (χ3n) is 3.56. The van der Waals surface area contributed by atoms with E-state index in [0.29, 0.717) is 10.6 Å². The number of nitriles is 1. The Hall–Kier alpha value is -2.98. The van der Waals surface area contributed by atoms with Gasteiger partial charge in [-0.25, -0.2) is 4.79 Å². The van der Waals surface area contributed by atoms with Gasteiger partial charge in [-0.1, -0.05) is 30.3 Å². The van der Waals surface area contributed by atoms with Crippen molar-refractivity contribution in [3.63, 3.8) is 0 Å². The van der Waals surface area contributed by atoms with Crippen molar-refractivity contribution >= 4 is 28.4 Å². The summed E-state index contributed by atoms with van der Waals surface area (Å²) in [7, 11) is -1.35. The van der Waals surface area contributed by atoms with Crippen LogP contribution in [0.2, 0.25) is 0 Å². The number of hydrogen-bond acceptors (Lipinski definition) is 5. The summed E-state index contributed by atoms with van der Waals surface area (Å²) in [5.41, 5.74) is 0.795. The molecule has 0 aliphatic carbocycles. The number of nitrogens with zero attached hydrogens (tertiary/aromatic N) is 2. The van der Waals surface area contributed by atoms with Crippen LogP contribution in [0.1, 0.15) is 16.8 Å². The third-order valence-corrected chi connectivity index (χ3v) is 4.53. The highest BCUT2D eigenvalue weighted by Crippen LogP contribution is 2.16. The average Bonchev–Trinajstić information content (AvgIpc) is 2.67. The lowest BCUT2D eigenvalue weighted by Crippen LogP contribution is -2.35. The molecule has 6 nitrogen and oxygen atoms in total. The predicted octanol–water partition coefficient (Wildman–Crippen LogP) is 2.53. The first-order valence-electron chi connectivity index (χ1n) is 7.86. The van der Waals surface area contributed by atoms with Gasteiger partial charge in [-0.05, 0) is 24.3 Å². The van der Waals surface area contributed by atoms with E-state index in [4.69, 9.17) is 10.00 Å². The van der Waals surface area contributed by atoms with E-state index in [1.807, 2.05) is 12.1 Å². The first-order chi connectivity index (χ1) is 12.5. The van der Waals surface area contributed by atoms with E-state index in [0.717, 1.165) is 0 Å². The van der Waals surface area contributed by atoms with E-state index < -0.39 is 29.3 Å². The summed E-state index contributed by atoms with van der Waals surface area (Å²) >= 11 is 0. The largest absolute Gasteiger partial charge is 0.452 e. The van der Waals surface area contributed by atoms with Crippen LogP contribution < -0.4 is 4.90 Å². The van der Waals surface area contributed by atoms with Crippen LogP contribution in [0, 0.1) is 11.3 Å². The quantitative estimate of drug-likeness (QED) is 0.699. The van der Waals surface area contributed by atoms with Crippen molar-refractivity contribution in [2.45, 2.75) is 11.3 Å². The van der Waals surface area contributed by atoms with Gasteiger partial charge < -0.3 is 9.64 Å². The summed E-state index contributed by atoms with van der Waals surface area (Å²) in [5, 5.41) is 8.79. The second-order valence-electron chi connectivity index (χ2n) is 5.32. The Labute approximate surface area is 154 Å². The maximum atomic E-state index is 12.5. The molecule has 0 heterocycles. The normalized spacial score (nSPS) is 11.2. The molecule has 134 valence electrons. The van der Waals surface area contributed by atoms with E-state index in [-0.39, 0.29) is 18.5 Å². The van der Waals surface area contributed by atoms with E-state index in [9.17, 15) is 13.8 Å². The molecule has 0 spiro atoms. The highest BCUT2D eigenvalue weighted by atomic mass is 32.2. The van der Waals surface area contributed by atoms with Crippen molar-refractivity contribution in [1.82, 2.24) is 0 Å². The summed E-state index contributed by atoms with van der Waals surface area (Å²) in [6.45, 7) is -0.268. The number of para-hydroxylation sites is 1. The molecular weight excluding hydrogens is 352 g/mol. The molecule has 0 aliphatic heterocycles. The molecular formula is C19H18N2O4S. The van der Waals surface area contributed by atoms with Crippen LogP contribution in [-0.4, -0.2) is 35.5 Å². The SMILES string of the molecule is C[S@](=O)c1ccccc1C(=O)OCC(=O)N(CCC#N)c1ccccc1. The number of benzene rings is 2. The lowest BCUT2D eigenvalue weighted by molar-refractivity contribution is -0.121. The van der Waals surface area contributed by atoms with E-state index in [1.165, 1.54) is 17.2 Å². The van der Waals surface area contributed by atoms with Crippen LogP contribution in [0.15, 0.2) is 59.5 Å². The Balaban J connectivity index is 2.09. The molecule has 0 radical (unpaired) electrons. The fourth-order valence-corrected chi connectivity index (χ4v) is 3.07. The third kappa shape index (κ3) is 5.01. The van der Waals surface area contributed by atoms with Crippen LogP contribution in [-0.2, 0) is 20.3 Å². The van der Waals surface area contributed by atoms with Gasteiger partial charge in [0.15, 0.2) is 6.61 Å². The number of rotatable bonds is 7. The molecule has 1 atom stereocenters. The van der Waals surface area contributed by atoms with Gasteiger partial charge in [0.2, 0.25) is 0 Å². The van der Waals surface area contributed by atoms with Gasteiger partial charge in [0.05, 0.1) is 33.7 Å². The summed E-state index contributed by atoms with van der Waals surface area (Å²) in [5.74, 6) is -1.15. The zero-order valence-corrected chi connectivity index (χ0v) is 15.1. The Kier molecular flexibility index (Phi) is 7.06. The average molecular weight is 370 g/mol. The molecule has 0 aliphatic rings. The van der Waals surface area contributed by atoms with Crippen molar-refractivity contribution < 1.29 is 18.5 Å². The molecule has 0 unspecified atom stereocenters. The molecule has 2 rings (SSSR count). The summed E-state index contributed by atoms with van der Waals surface area (Å²) in [6.07, 6.45) is 1.63. The topological polar surface area (TPSA) is 87.5 Å². The molecule has 1 amide bonds. The van der Waals surface area contributed by atoms with Crippen molar-refractivity contribution in [3.8, 4) is 6.07 Å². The second-order valence-corrected chi connectivity index (χ2v) is 6.66. The molecule has 2 aromatic rings. The lowest BCUT2D eigenvalue weighted by Gasteiger charge is -2.21. The van der Waals surface area contributed by atoms with Crippen LogP contribution >= 0.6 is 0 Å². The first kappa shape index (κ1) is 19.3. The number of carbonyl (C=O) groups excluding carboxylic acids is 2. The summed E-state index contributed by atoms with van der Waals surface area (Å²) < 4.78 is 16.8. The molecule has 2 aromatic carbocycles. The Morgan fingerprint density at radius 3 is 2.42 bits per heavy atom. The van der Waals surface area contributed by atoms with Gasteiger partial charge in [-0.15, -0.1) is 0 Å². The van der Waals surface area contributed by atoms with E-state index in [2.05, 4.69) is 0 Å². The fraction of sp³-hybridized carbons (Fsp3) is 0.211. The van der Waals surface area contributed by atoms with Gasteiger partial charge in [-0.3, -0.25) is 9.00 Å². The number of anilines is 1. The summed E-state index contributed by atoms with van der Waals surface area (Å²) in [4.78, 5) is 26.5. The second kappa shape index (κ2) is 9.49. The zero-order chi connectivity index (χ0) is 18.9. The summed E-state index contributed by atoms with van der Waals surface area (Å²) in [6, 6.07) is 17.3. The fourth-order valence-electron chi connectivity index (χ4n) is 2.34. The minimum atomic E-state index is -1.35. The number of esters is 1. The molecule has 0 N–H and O–H groups in total. The van der Waals surface area contributed by atoms with Gasteiger partial charge in [0.25, 0.3) is 5.91 Å². The molecule has 0 fully saturated rings. The minimum absolute atomic E-state index is 0.159. The van der Waals surface area contributed by atoms with Crippen molar-refractivity contribution in [2.24, 2.45) is 0 Å². The molecule has 26 heavy (non-hydrogen) atoms. The van der Waals surface area contributed by atoms with Gasteiger partial charge in [0, 0.05) is 18.5 Å². The zero-order valence-electron chi connectivity index (χ0n) is 14.3. The van der Waals surface area contributed by atoms with Crippen molar-refractivity contribution in [1.29, 1.82) is 5.26 Å². The number of hydrogen-bond donors (Lipinski definition) is 0. The monoisotopic (exact) mass is 370 g/mol. The van der Waals surface area contributed by atoms with Crippen molar-refractivity contribution in [3.05, 3.63) is 60.2 Å².